The Bertz CT molecular complexity index is 347. The molecule has 1 aromatic heterocycles. The summed E-state index contributed by atoms with van der Waals surface area (Å²) in [4.78, 5) is 15.2. The highest BCUT2D eigenvalue weighted by molar-refractivity contribution is 14.1. The van der Waals surface area contributed by atoms with Crippen LogP contribution in [0.2, 0.25) is 10.3 Å². The van der Waals surface area contributed by atoms with Gasteiger partial charge in [0.15, 0.2) is 0 Å². The summed E-state index contributed by atoms with van der Waals surface area (Å²) in [6.45, 7) is 2.02. The van der Waals surface area contributed by atoms with Gasteiger partial charge in [-0.25, -0.2) is 9.78 Å². The molecule has 0 atom stereocenters. The Labute approximate surface area is 105 Å². The van der Waals surface area contributed by atoms with Crippen molar-refractivity contribution in [3.8, 4) is 0 Å². The standard InChI is InChI=1S/C8H6Cl2INO2/c1-2-14-8(13)6-4(11)3-5(9)12-7(6)10/h3H,2H2,1H3. The first-order chi connectivity index (χ1) is 6.56. The molecule has 0 radical (unpaired) electrons. The van der Waals surface area contributed by atoms with E-state index < -0.39 is 5.97 Å². The number of nitrogens with zero attached hydrogens (tertiary/aromatic N) is 1. The minimum Gasteiger partial charge on any atom is -0.462 e. The van der Waals surface area contributed by atoms with Gasteiger partial charge < -0.3 is 4.74 Å². The highest BCUT2D eigenvalue weighted by atomic mass is 127. The summed E-state index contributed by atoms with van der Waals surface area (Å²) in [5.41, 5.74) is 0.263. The molecule has 1 heterocycles. The maximum absolute atomic E-state index is 11.4. The average Bonchev–Trinajstić information content (AvgIpc) is 2.01. The molecule has 0 N–H and O–H groups in total. The Kier molecular flexibility index (Phi) is 4.40. The molecule has 0 aromatic carbocycles. The molecule has 3 nitrogen and oxygen atoms in total. The van der Waals surface area contributed by atoms with Crippen molar-refractivity contribution in [2.24, 2.45) is 0 Å². The Hall–Kier alpha value is -0.0700. The van der Waals surface area contributed by atoms with Gasteiger partial charge in [0.05, 0.1) is 6.61 Å². The Morgan fingerprint density at radius 1 is 1.64 bits per heavy atom. The highest BCUT2D eigenvalue weighted by Crippen LogP contribution is 2.23. The first-order valence-electron chi connectivity index (χ1n) is 3.75. The topological polar surface area (TPSA) is 39.2 Å². The predicted octanol–water partition coefficient (Wildman–Crippen LogP) is 3.17. The molecule has 1 aromatic rings. The van der Waals surface area contributed by atoms with Gasteiger partial charge in [0.25, 0.3) is 0 Å². The molecule has 0 fully saturated rings. The number of carbonyl (C=O) groups excluding carboxylic acids is 1. The van der Waals surface area contributed by atoms with E-state index in [4.69, 9.17) is 27.9 Å². The number of ether oxygens (including phenoxy) is 1. The van der Waals surface area contributed by atoms with Crippen molar-refractivity contribution in [1.29, 1.82) is 0 Å². The first kappa shape index (κ1) is 12.0. The molecule has 0 aliphatic rings. The van der Waals surface area contributed by atoms with E-state index >= 15 is 0 Å². The van der Waals surface area contributed by atoms with E-state index in [1.807, 2.05) is 22.6 Å². The number of esters is 1. The van der Waals surface area contributed by atoms with E-state index in [2.05, 4.69) is 4.98 Å². The van der Waals surface area contributed by atoms with Crippen LogP contribution in [0.4, 0.5) is 0 Å². The molecule has 0 aliphatic carbocycles. The Morgan fingerprint density at radius 3 is 2.79 bits per heavy atom. The maximum Gasteiger partial charge on any atom is 0.342 e. The molecule has 14 heavy (non-hydrogen) atoms. The molecule has 0 saturated carbocycles. The van der Waals surface area contributed by atoms with Gasteiger partial charge >= 0.3 is 5.97 Å². The molecule has 0 amide bonds. The summed E-state index contributed by atoms with van der Waals surface area (Å²) < 4.78 is 5.45. The van der Waals surface area contributed by atoms with Crippen molar-refractivity contribution < 1.29 is 9.53 Å². The van der Waals surface area contributed by atoms with Crippen LogP contribution in [0.3, 0.4) is 0 Å². The molecule has 0 unspecified atom stereocenters. The summed E-state index contributed by atoms with van der Waals surface area (Å²) >= 11 is 13.4. The van der Waals surface area contributed by atoms with Gasteiger partial charge in [-0.1, -0.05) is 23.2 Å². The third kappa shape index (κ3) is 2.71. The Balaban J connectivity index is 3.14. The lowest BCUT2D eigenvalue weighted by molar-refractivity contribution is 0.0525. The monoisotopic (exact) mass is 345 g/mol. The summed E-state index contributed by atoms with van der Waals surface area (Å²) in [7, 11) is 0. The number of rotatable bonds is 2. The average molecular weight is 346 g/mol. The van der Waals surface area contributed by atoms with Crippen LogP contribution in [-0.2, 0) is 4.74 Å². The zero-order valence-corrected chi connectivity index (χ0v) is 10.9. The van der Waals surface area contributed by atoms with Crippen molar-refractivity contribution >= 4 is 51.8 Å². The van der Waals surface area contributed by atoms with Crippen LogP contribution in [-0.4, -0.2) is 17.6 Å². The fourth-order valence-electron chi connectivity index (χ4n) is 0.842. The molecular formula is C8H6Cl2INO2. The largest absolute Gasteiger partial charge is 0.462 e. The third-order valence-electron chi connectivity index (χ3n) is 1.38. The maximum atomic E-state index is 11.4. The van der Waals surface area contributed by atoms with E-state index in [1.165, 1.54) is 0 Å². The number of hydrogen-bond donors (Lipinski definition) is 0. The van der Waals surface area contributed by atoms with Crippen LogP contribution in [0, 0.1) is 3.57 Å². The second-order valence-electron chi connectivity index (χ2n) is 2.31. The number of hydrogen-bond acceptors (Lipinski definition) is 3. The zero-order chi connectivity index (χ0) is 10.7. The van der Waals surface area contributed by atoms with E-state index in [0.717, 1.165) is 0 Å². The van der Waals surface area contributed by atoms with Crippen molar-refractivity contribution in [2.75, 3.05) is 6.61 Å². The van der Waals surface area contributed by atoms with Crippen LogP contribution < -0.4 is 0 Å². The van der Waals surface area contributed by atoms with Crippen molar-refractivity contribution in [1.82, 2.24) is 4.98 Å². The van der Waals surface area contributed by atoms with Crippen molar-refractivity contribution in [2.45, 2.75) is 6.92 Å². The van der Waals surface area contributed by atoms with Gasteiger partial charge in [-0.3, -0.25) is 0 Å². The van der Waals surface area contributed by atoms with Crippen LogP contribution in [0.15, 0.2) is 6.07 Å². The molecule has 0 aliphatic heterocycles. The van der Waals surface area contributed by atoms with Gasteiger partial charge in [-0.2, -0.15) is 0 Å². The summed E-state index contributed by atoms with van der Waals surface area (Å²) in [5.74, 6) is -0.480. The van der Waals surface area contributed by atoms with E-state index in [1.54, 1.807) is 13.0 Å². The molecule has 0 spiro atoms. The predicted molar refractivity (Wildman–Crippen MR) is 62.9 cm³/mol. The number of pyridine rings is 1. The minimum atomic E-state index is -0.480. The lowest BCUT2D eigenvalue weighted by Gasteiger charge is -2.05. The van der Waals surface area contributed by atoms with Gasteiger partial charge in [-0.05, 0) is 35.6 Å². The molecule has 0 bridgehead atoms. The molecular weight excluding hydrogens is 340 g/mol. The number of carbonyl (C=O) groups is 1. The molecule has 1 rings (SSSR count). The highest BCUT2D eigenvalue weighted by Gasteiger charge is 2.17. The fourth-order valence-corrected chi connectivity index (χ4v) is 2.46. The van der Waals surface area contributed by atoms with Gasteiger partial charge in [0.2, 0.25) is 0 Å². The van der Waals surface area contributed by atoms with E-state index in [9.17, 15) is 4.79 Å². The quantitative estimate of drug-likeness (QED) is 0.469. The lowest BCUT2D eigenvalue weighted by atomic mass is 10.3. The second-order valence-corrected chi connectivity index (χ2v) is 4.22. The van der Waals surface area contributed by atoms with Crippen LogP contribution in [0.5, 0.6) is 0 Å². The zero-order valence-electron chi connectivity index (χ0n) is 7.18. The summed E-state index contributed by atoms with van der Waals surface area (Å²) in [6, 6.07) is 1.56. The van der Waals surface area contributed by atoms with Gasteiger partial charge in [0, 0.05) is 3.57 Å². The molecule has 0 saturated heterocycles. The fraction of sp³-hybridized carbons (Fsp3) is 0.250. The van der Waals surface area contributed by atoms with Crippen molar-refractivity contribution in [3.05, 3.63) is 25.5 Å². The number of halogens is 3. The van der Waals surface area contributed by atoms with Crippen LogP contribution >= 0.6 is 45.8 Å². The minimum absolute atomic E-state index is 0.0698. The lowest BCUT2D eigenvalue weighted by Crippen LogP contribution is -2.08. The Morgan fingerprint density at radius 2 is 2.29 bits per heavy atom. The van der Waals surface area contributed by atoms with Gasteiger partial charge in [-0.15, -0.1) is 0 Å². The number of aromatic nitrogens is 1. The van der Waals surface area contributed by atoms with Crippen LogP contribution in [0.1, 0.15) is 17.3 Å². The summed E-state index contributed by atoms with van der Waals surface area (Å²) in [5, 5.41) is 0.327. The van der Waals surface area contributed by atoms with Gasteiger partial charge in [0.1, 0.15) is 15.9 Å². The second kappa shape index (κ2) is 5.14. The smallest absolute Gasteiger partial charge is 0.342 e. The van der Waals surface area contributed by atoms with E-state index in [0.29, 0.717) is 10.2 Å². The summed E-state index contributed by atoms with van der Waals surface area (Å²) in [6.07, 6.45) is 0. The first-order valence-corrected chi connectivity index (χ1v) is 5.58. The van der Waals surface area contributed by atoms with Crippen molar-refractivity contribution in [3.63, 3.8) is 0 Å². The van der Waals surface area contributed by atoms with Crippen LogP contribution in [0.25, 0.3) is 0 Å². The van der Waals surface area contributed by atoms with E-state index in [-0.39, 0.29) is 15.9 Å². The molecule has 76 valence electrons. The molecule has 6 heteroatoms. The SMILES string of the molecule is CCOC(=O)c1c(I)cc(Cl)nc1Cl. The normalized spacial score (nSPS) is 10.0. The third-order valence-corrected chi connectivity index (χ3v) is 2.69.